The van der Waals surface area contributed by atoms with Crippen LogP contribution in [0.1, 0.15) is 102 Å². The van der Waals surface area contributed by atoms with E-state index in [2.05, 4.69) is 6.07 Å². The number of hydrogen-bond donors (Lipinski definition) is 0. The second-order valence-corrected chi connectivity index (χ2v) is 16.2. The maximum Gasteiger partial charge on any atom is 0.411 e. The molecule has 1 aliphatic carbocycles. The Bertz CT molecular complexity index is 1530. The first-order chi connectivity index (χ1) is 22.4. The fourth-order valence-electron chi connectivity index (χ4n) is 8.03. The van der Waals surface area contributed by atoms with Gasteiger partial charge in [0, 0.05) is 44.5 Å². The highest BCUT2D eigenvalue weighted by Gasteiger charge is 2.67. The van der Waals surface area contributed by atoms with E-state index in [-0.39, 0.29) is 35.7 Å². The number of furan rings is 1. The summed E-state index contributed by atoms with van der Waals surface area (Å²) in [6.07, 6.45) is 5.16. The Morgan fingerprint density at radius 3 is 2.57 bits per heavy atom. The highest BCUT2D eigenvalue weighted by Crippen LogP contribution is 2.67. The van der Waals surface area contributed by atoms with E-state index in [1.54, 1.807) is 34.6 Å². The van der Waals surface area contributed by atoms with E-state index in [0.29, 0.717) is 64.2 Å². The number of nitrogens with zero attached hydrogens (tertiary/aromatic N) is 2. The molecular formula is C35H48N2O9S. The summed E-state index contributed by atoms with van der Waals surface area (Å²) in [5.41, 5.74) is -0.300. The molecule has 4 aliphatic rings. The lowest BCUT2D eigenvalue weighted by Gasteiger charge is -2.44. The lowest BCUT2D eigenvalue weighted by Crippen LogP contribution is -2.50. The predicted molar refractivity (Wildman–Crippen MR) is 172 cm³/mol. The van der Waals surface area contributed by atoms with Gasteiger partial charge in [-0.05, 0) is 95.4 Å². The van der Waals surface area contributed by atoms with Gasteiger partial charge in [-0.1, -0.05) is 18.2 Å². The van der Waals surface area contributed by atoms with Crippen LogP contribution in [0.5, 0.6) is 0 Å². The van der Waals surface area contributed by atoms with Gasteiger partial charge < -0.3 is 23.4 Å². The molecule has 6 rings (SSSR count). The van der Waals surface area contributed by atoms with Crippen LogP contribution in [-0.4, -0.2) is 80.5 Å². The molecule has 0 radical (unpaired) electrons. The van der Waals surface area contributed by atoms with Gasteiger partial charge in [0.2, 0.25) is 10.0 Å². The standard InChI is InChI=1S/C35H48N2O9S/c1-24(38)42-19-10-11-26-21-28-29-15-17-36(47(40,41)27-12-6-5-7-13-27)23-35(29)22-25(16-20-44-30-14-8-9-18-43-30)37(32(35)31(28)45-26)33(39)46-34(2,3)4/h5-7,12-13,21,25,29-30,32H,8-11,14-20,22-23H2,1-4H3/t25-,29-,30?,32-,35-/m1/s1. The van der Waals surface area contributed by atoms with Crippen LogP contribution in [-0.2, 0) is 40.2 Å². The molecule has 4 heterocycles. The first-order valence-electron chi connectivity index (χ1n) is 16.9. The van der Waals surface area contributed by atoms with Crippen LogP contribution >= 0.6 is 0 Å². The van der Waals surface area contributed by atoms with Gasteiger partial charge in [-0.15, -0.1) is 0 Å². The molecule has 2 aromatic rings. The molecule has 0 N–H and O–H groups in total. The van der Waals surface area contributed by atoms with E-state index in [0.717, 1.165) is 30.6 Å². The number of benzene rings is 1. The summed E-state index contributed by atoms with van der Waals surface area (Å²) in [7, 11) is -3.78. The Morgan fingerprint density at radius 2 is 1.87 bits per heavy atom. The second kappa shape index (κ2) is 13.5. The molecular weight excluding hydrogens is 624 g/mol. The van der Waals surface area contributed by atoms with Crippen molar-refractivity contribution in [1.29, 1.82) is 0 Å². The summed E-state index contributed by atoms with van der Waals surface area (Å²) in [4.78, 5) is 27.5. The number of sulfonamides is 1. The minimum atomic E-state index is -3.78. The molecule has 3 fully saturated rings. The molecule has 3 saturated heterocycles. The van der Waals surface area contributed by atoms with Gasteiger partial charge in [0.15, 0.2) is 6.29 Å². The molecule has 1 aromatic heterocycles. The van der Waals surface area contributed by atoms with Crippen LogP contribution in [0.25, 0.3) is 0 Å². The van der Waals surface area contributed by atoms with E-state index in [1.807, 2.05) is 25.7 Å². The van der Waals surface area contributed by atoms with Gasteiger partial charge in [-0.2, -0.15) is 4.31 Å². The first-order valence-corrected chi connectivity index (χ1v) is 18.4. The number of carbonyl (C=O) groups excluding carboxylic acids is 2. The number of likely N-dealkylation sites (tertiary alicyclic amines) is 1. The fourth-order valence-corrected chi connectivity index (χ4v) is 9.59. The Kier molecular flexibility index (Phi) is 9.77. The number of hydrogen-bond acceptors (Lipinski definition) is 9. The van der Waals surface area contributed by atoms with Crippen molar-refractivity contribution in [3.05, 3.63) is 53.5 Å². The second-order valence-electron chi connectivity index (χ2n) is 14.3. The van der Waals surface area contributed by atoms with E-state index in [4.69, 9.17) is 23.4 Å². The quantitative estimate of drug-likeness (QED) is 0.223. The molecule has 0 saturated carbocycles. The number of aryl methyl sites for hydroxylation is 1. The van der Waals surface area contributed by atoms with Gasteiger partial charge in [0.05, 0.1) is 18.1 Å². The lowest BCUT2D eigenvalue weighted by atomic mass is 9.69. The van der Waals surface area contributed by atoms with Crippen LogP contribution in [0.3, 0.4) is 0 Å². The number of rotatable bonds is 10. The third kappa shape index (κ3) is 6.97. The maximum atomic E-state index is 14.2. The number of fused-ring (bicyclic) bond motifs is 3. The average molecular weight is 673 g/mol. The Labute approximate surface area is 277 Å². The molecule has 47 heavy (non-hydrogen) atoms. The molecule has 258 valence electrons. The van der Waals surface area contributed by atoms with Crippen LogP contribution in [0.2, 0.25) is 0 Å². The van der Waals surface area contributed by atoms with Gasteiger partial charge in [-0.25, -0.2) is 13.2 Å². The molecule has 11 nitrogen and oxygen atoms in total. The minimum absolute atomic E-state index is 0.00627. The van der Waals surface area contributed by atoms with Crippen molar-refractivity contribution >= 4 is 22.1 Å². The Balaban J connectivity index is 1.34. The number of piperidine rings is 1. The topological polar surface area (TPSA) is 125 Å². The number of carbonyl (C=O) groups is 2. The monoisotopic (exact) mass is 672 g/mol. The molecule has 3 aliphatic heterocycles. The van der Waals surface area contributed by atoms with E-state index in [9.17, 15) is 18.0 Å². The fraction of sp³-hybridized carbons (Fsp3) is 0.657. The van der Waals surface area contributed by atoms with Crippen LogP contribution in [0.4, 0.5) is 4.79 Å². The zero-order valence-corrected chi connectivity index (χ0v) is 28.8. The minimum Gasteiger partial charge on any atom is -0.466 e. The average Bonchev–Trinajstić information content (AvgIpc) is 3.64. The third-order valence-corrected chi connectivity index (χ3v) is 11.7. The molecule has 0 bridgehead atoms. The van der Waals surface area contributed by atoms with E-state index in [1.165, 1.54) is 6.92 Å². The molecule has 12 heteroatoms. The summed E-state index contributed by atoms with van der Waals surface area (Å²) >= 11 is 0. The van der Waals surface area contributed by atoms with Gasteiger partial charge in [0.25, 0.3) is 0 Å². The number of esters is 1. The lowest BCUT2D eigenvalue weighted by molar-refractivity contribution is -0.164. The van der Waals surface area contributed by atoms with Crippen molar-refractivity contribution in [3.63, 3.8) is 0 Å². The third-order valence-electron chi connectivity index (χ3n) is 9.88. The summed E-state index contributed by atoms with van der Waals surface area (Å²) in [6, 6.07) is 9.84. The molecule has 5 atom stereocenters. The summed E-state index contributed by atoms with van der Waals surface area (Å²) in [5.74, 6) is 1.15. The Morgan fingerprint density at radius 1 is 1.09 bits per heavy atom. The smallest absolute Gasteiger partial charge is 0.411 e. The molecule has 1 amide bonds. The number of ether oxygens (including phenoxy) is 4. The van der Waals surface area contributed by atoms with Crippen molar-refractivity contribution < 1.29 is 41.4 Å². The van der Waals surface area contributed by atoms with Crippen LogP contribution in [0, 0.1) is 5.41 Å². The molecule has 1 aromatic carbocycles. The summed E-state index contributed by atoms with van der Waals surface area (Å²) in [5, 5.41) is 0. The Hall–Kier alpha value is -2.93. The molecule has 1 spiro atoms. The maximum absolute atomic E-state index is 14.2. The SMILES string of the molecule is CC(=O)OCCCc1cc2c(o1)[C@H]1N(C(=O)OC(C)(C)C)[C@H](CCOC3CCCCO3)C[C@]13CN(S(=O)(=O)c1ccccc1)CC[C@H]23. The van der Waals surface area contributed by atoms with Crippen molar-refractivity contribution in [2.45, 2.75) is 114 Å². The zero-order valence-electron chi connectivity index (χ0n) is 27.9. The van der Waals surface area contributed by atoms with Crippen molar-refractivity contribution in [3.8, 4) is 0 Å². The van der Waals surface area contributed by atoms with Gasteiger partial charge in [-0.3, -0.25) is 9.69 Å². The van der Waals surface area contributed by atoms with E-state index < -0.39 is 33.2 Å². The van der Waals surface area contributed by atoms with Gasteiger partial charge >= 0.3 is 12.1 Å². The van der Waals surface area contributed by atoms with Crippen molar-refractivity contribution in [1.82, 2.24) is 9.21 Å². The normalized spacial score (nSPS) is 27.6. The number of amides is 1. The van der Waals surface area contributed by atoms with E-state index >= 15 is 0 Å². The van der Waals surface area contributed by atoms with Crippen molar-refractivity contribution in [2.24, 2.45) is 5.41 Å². The van der Waals surface area contributed by atoms with Gasteiger partial charge in [0.1, 0.15) is 23.2 Å². The highest BCUT2D eigenvalue weighted by atomic mass is 32.2. The van der Waals surface area contributed by atoms with Crippen LogP contribution in [0.15, 0.2) is 45.7 Å². The molecule has 1 unspecified atom stereocenters. The largest absolute Gasteiger partial charge is 0.466 e. The predicted octanol–water partition coefficient (Wildman–Crippen LogP) is 5.94. The van der Waals surface area contributed by atoms with Crippen molar-refractivity contribution in [2.75, 3.05) is 32.9 Å². The van der Waals surface area contributed by atoms with Crippen LogP contribution < -0.4 is 0 Å². The highest BCUT2D eigenvalue weighted by molar-refractivity contribution is 7.89. The zero-order chi connectivity index (χ0) is 33.4. The first kappa shape index (κ1) is 34.0. The summed E-state index contributed by atoms with van der Waals surface area (Å²) < 4.78 is 59.2. The summed E-state index contributed by atoms with van der Waals surface area (Å²) in [6.45, 7) is 8.93.